The van der Waals surface area contributed by atoms with Gasteiger partial charge in [0.2, 0.25) is 0 Å². The van der Waals surface area contributed by atoms with Crippen molar-refractivity contribution in [2.45, 2.75) is 116 Å². The summed E-state index contributed by atoms with van der Waals surface area (Å²) in [6, 6.07) is 0. The maximum Gasteiger partial charge on any atom is 0.490 e. The molecular formula is C54H75Cl2F9N13O47P7. The van der Waals surface area contributed by atoms with Crippen molar-refractivity contribution in [2.75, 3.05) is 52.6 Å². The number of carbonyl (C=O) groups excluding carboxylic acids is 3. The van der Waals surface area contributed by atoms with Crippen LogP contribution in [0, 0.1) is 0 Å². The average Bonchev–Trinajstić information content (AvgIpc) is 1.64. The fourth-order valence-electron chi connectivity index (χ4n) is 10.4. The summed E-state index contributed by atoms with van der Waals surface area (Å²) in [6.07, 6.45) is -33.0. The van der Waals surface area contributed by atoms with Crippen molar-refractivity contribution in [3.05, 3.63) is 155 Å². The van der Waals surface area contributed by atoms with E-state index in [2.05, 4.69) is 30.8 Å². The number of hydrogen-bond donors (Lipinski definition) is 26. The van der Waals surface area contributed by atoms with Gasteiger partial charge in [-0.25, -0.2) is 46.6 Å². The van der Waals surface area contributed by atoms with Gasteiger partial charge in [-0.15, -0.1) is 0 Å². The summed E-state index contributed by atoms with van der Waals surface area (Å²) in [5.74, 6) is -6.61. The van der Waals surface area contributed by atoms with Crippen LogP contribution in [0.25, 0.3) is 24.8 Å². The Kier molecular flexibility index (Phi) is 43.5. The van der Waals surface area contributed by atoms with Crippen molar-refractivity contribution in [3.63, 3.8) is 0 Å². The van der Waals surface area contributed by atoms with Gasteiger partial charge in [-0.05, 0) is 40.7 Å². The number of nitrogens with two attached hydrogens (primary N) is 1. The molecule has 750 valence electrons. The summed E-state index contributed by atoms with van der Waals surface area (Å²) < 4.78 is 239. The van der Waals surface area contributed by atoms with E-state index in [1.165, 1.54) is 17.6 Å². The largest absolute Gasteiger partial charge is 0.490 e. The number of ether oxygens (including phenoxy) is 4. The molecule has 8 rings (SSSR count). The molecule has 4 saturated heterocycles. The van der Waals surface area contributed by atoms with Crippen molar-refractivity contribution in [1.29, 1.82) is 0 Å². The molecule has 0 saturated carbocycles. The fourth-order valence-corrected chi connectivity index (χ4v) is 17.1. The van der Waals surface area contributed by atoms with Crippen molar-refractivity contribution in [1.82, 2.24) is 60.3 Å². The number of phosphoric ester groups is 2. The van der Waals surface area contributed by atoms with E-state index < -0.39 is 284 Å². The molecule has 132 heavy (non-hydrogen) atoms. The third-order valence-corrected chi connectivity index (χ3v) is 24.6. The third kappa shape index (κ3) is 36.2. The van der Waals surface area contributed by atoms with E-state index in [1.54, 1.807) is 15.6 Å². The number of aliphatic hydroxyl groups excluding tert-OH is 9. The smallest absolute Gasteiger partial charge is 0.412 e. The molecule has 0 radical (unpaired) electrons. The molecule has 4 aromatic heterocycles. The Morgan fingerprint density at radius 3 is 0.841 bits per heavy atom. The molecule has 0 aromatic carbocycles. The number of amides is 3. The zero-order chi connectivity index (χ0) is 99.1. The van der Waals surface area contributed by atoms with Gasteiger partial charge >= 0.3 is 112 Å². The van der Waals surface area contributed by atoms with Crippen LogP contribution >= 0.6 is 75.5 Å². The number of nitrogens with zero attached hydrogens (tertiary/aromatic N) is 4. The topological polar surface area (TPSA) is 964 Å². The number of hydrogen-bond acceptors (Lipinski definition) is 40. The molecule has 4 aliphatic rings. The van der Waals surface area contributed by atoms with Crippen LogP contribution in [0.3, 0.4) is 0 Å². The van der Waals surface area contributed by atoms with E-state index in [4.69, 9.17) is 81.6 Å². The quantitative estimate of drug-likeness (QED) is 0.0156. The molecule has 0 aliphatic carbocycles. The highest BCUT2D eigenvalue weighted by Crippen LogP contribution is 2.68. The summed E-state index contributed by atoms with van der Waals surface area (Å²) in [5.41, 5.74) is -4.01. The predicted molar refractivity (Wildman–Crippen MR) is 412 cm³/mol. The normalized spacial score (nSPS) is 25.4. The van der Waals surface area contributed by atoms with Crippen molar-refractivity contribution >= 4 is 118 Å². The second kappa shape index (κ2) is 48.4. The van der Waals surface area contributed by atoms with Crippen LogP contribution in [0.4, 0.5) is 39.5 Å². The van der Waals surface area contributed by atoms with Gasteiger partial charge in [0.05, 0.1) is 48.7 Å². The van der Waals surface area contributed by atoms with E-state index in [1.807, 2.05) is 15.0 Å². The van der Waals surface area contributed by atoms with E-state index in [0.717, 1.165) is 75.3 Å². The Balaban J connectivity index is 0.000000455. The van der Waals surface area contributed by atoms with Gasteiger partial charge in [-0.1, -0.05) is 6.08 Å². The van der Waals surface area contributed by atoms with Crippen LogP contribution in [0.5, 0.6) is 0 Å². The second-order valence-corrected chi connectivity index (χ2v) is 38.5. The van der Waals surface area contributed by atoms with Crippen LogP contribution < -0.4 is 72.8 Å². The standard InChI is InChI=1S/C14H15Cl2F3N3O8P.C14H19F3N3O16P3.C14H16F3N3O7.C12H20N3O15P3.H3N.H2O/c15-31(16,28)29-5-7-8(23)9(24)10(30-7)6-4-22(13(27)21-11(6)25)3-1-2-20-12(26)14(17,18)19;15-14(16,17)12(24)18-2-1-3-20-4-6(11(23)19-13(20)25)10-9(22)8(21)7(34-10)5-33-38(29,30)36-39(31,32)35-37(26,27)28;15-14(16,17)12(25)18-2-1-3-20-4-6(11(24)19-13(20)26)10-9(23)8(22)7(5-21)27-10;13-2-1-3-15-4-6(11(18)14-12(15)19)10-9(17)8(16)7(28-10)5-27-32(23,24)30-33(25,26)29-31(20,21)22;;/h1,3-4,7-10,23-24H,2,5H2,(H,20,26)(H,21,25,27);1,3-4,7-10,21-22H,2,5H2,(H,18,24)(H,29,30)(H,31,32)(H,19,23,25)(H2,26,27,28);1,3-4,7-10,21-23H,2,5H2,(H,18,25)(H,19,24,26);1,3-4,7-10,16-17H,2,5,13H2,(H,23,24)(H,25,26)(H,14,18,19)(H2,20,21,22);1H3;1H2/b4*3-1+;;/t4*7-,8?,9+,10+;;/m1111../s1. The van der Waals surface area contributed by atoms with Gasteiger partial charge in [-0.2, -0.15) is 56.8 Å². The number of aliphatic hydroxyl groups is 9. The van der Waals surface area contributed by atoms with Gasteiger partial charge in [0.25, 0.3) is 22.2 Å². The van der Waals surface area contributed by atoms with E-state index in [-0.39, 0.29) is 34.9 Å². The van der Waals surface area contributed by atoms with Crippen LogP contribution in [0.2, 0.25) is 0 Å². The number of H-pyrrole nitrogens is 4. The van der Waals surface area contributed by atoms with Crippen LogP contribution in [0.15, 0.2) is 87.4 Å². The Morgan fingerprint density at radius 2 is 0.629 bits per heavy atom. The lowest BCUT2D eigenvalue weighted by atomic mass is 10.0. The van der Waals surface area contributed by atoms with Crippen molar-refractivity contribution < 1.29 is 226 Å². The van der Waals surface area contributed by atoms with E-state index in [9.17, 15) is 175 Å². The van der Waals surface area contributed by atoms with E-state index >= 15 is 0 Å². The van der Waals surface area contributed by atoms with Gasteiger partial charge in [-0.3, -0.25) is 85.4 Å². The van der Waals surface area contributed by atoms with Gasteiger partial charge in [0.1, 0.15) is 97.7 Å². The fraction of sp³-hybridized carbons (Fsp3) is 0.500. The summed E-state index contributed by atoms with van der Waals surface area (Å²) in [4.78, 5) is 207. The highest BCUT2D eigenvalue weighted by molar-refractivity contribution is 8.05. The number of nitrogens with one attached hydrogen (secondary N) is 7. The van der Waals surface area contributed by atoms with Crippen LogP contribution in [0.1, 0.15) is 46.7 Å². The lowest BCUT2D eigenvalue weighted by molar-refractivity contribution is -0.173. The zero-order valence-electron chi connectivity index (χ0n) is 64.6. The molecular weight excluding hydrogens is 2040 g/mol. The van der Waals surface area contributed by atoms with Gasteiger partial charge in [0, 0.05) is 75.8 Å². The molecule has 60 nitrogen and oxygen atoms in total. The lowest BCUT2D eigenvalue weighted by Crippen LogP contribution is -2.37. The molecule has 0 bridgehead atoms. The highest BCUT2D eigenvalue weighted by atomic mass is 35.9. The predicted octanol–water partition coefficient (Wildman–Crippen LogP) is -6.71. The number of aromatic amines is 4. The number of aromatic nitrogens is 8. The minimum atomic E-state index is -5.84. The summed E-state index contributed by atoms with van der Waals surface area (Å²) >= 11 is 10.5. The van der Waals surface area contributed by atoms with Crippen LogP contribution in [-0.2, 0) is 96.1 Å². The molecule has 8 heterocycles. The first-order valence-electron chi connectivity index (χ1n) is 34.1. The molecule has 78 heteroatoms. The average molecular weight is 2120 g/mol. The first kappa shape index (κ1) is 119. The molecule has 0 spiro atoms. The Morgan fingerprint density at radius 1 is 0.402 bits per heavy atom. The SMILES string of the molecule is N.NC/C=C/n1cc([C@@H]2O[C@H](COP(=O)(O)OP(=O)(O)OP(=O)(O)O)C(O)[C@@H]2O)c(=O)[nH]c1=O.O.O=C(NC/C=C/n1cc([C@@H]2O[C@H](CO)C(O)[C@@H]2O)c(=O)[nH]c1=O)C(F)(F)F.O=C(NC/C=C/n1cc([C@@H]2O[C@H](COP(=O)(Cl)Cl)C(O)[C@@H]2O)c(=O)[nH]c1=O)C(F)(F)F.O=C(NC/C=C/n1cc([C@@H]2O[C@H](COP(=O)(O)OP(=O)(O)OP(=O)(O)O)C(O)[C@@H]2O)c(=O)[nH]c1=O)C(F)(F)F. The minimum absolute atomic E-state index is 0. The molecule has 3 amide bonds. The molecule has 4 fully saturated rings. The first-order chi connectivity index (χ1) is 59.4. The number of rotatable bonds is 33. The maximum absolute atomic E-state index is 12.2. The highest BCUT2D eigenvalue weighted by Gasteiger charge is 2.52. The van der Waals surface area contributed by atoms with Gasteiger partial charge < -0.3 is 142 Å². The second-order valence-electron chi connectivity index (χ2n) is 25.4. The van der Waals surface area contributed by atoms with E-state index in [0.29, 0.717) is 4.57 Å². The molecule has 31 N–H and O–H groups in total. The summed E-state index contributed by atoms with van der Waals surface area (Å²) in [5, 5.41) is 94.3. The first-order valence-corrected chi connectivity index (χ1v) is 46.6. The minimum Gasteiger partial charge on any atom is -0.412 e. The number of phosphoric acid groups is 6. The lowest BCUT2D eigenvalue weighted by Gasteiger charge is -2.19. The summed E-state index contributed by atoms with van der Waals surface area (Å²) in [7, 11) is -34.0. The molecule has 8 unspecified atom stereocenters. The van der Waals surface area contributed by atoms with Crippen LogP contribution in [-0.4, -0.2) is 291 Å². The third-order valence-electron chi connectivity index (χ3n) is 16.0. The Labute approximate surface area is 731 Å². The number of carbonyl (C=O) groups is 3. The molecule has 20 atom stereocenters. The zero-order valence-corrected chi connectivity index (χ0v) is 72.4. The number of alkyl halides is 9. The molecule has 4 aliphatic heterocycles. The Hall–Kier alpha value is -7.59. The monoisotopic (exact) mass is 2120 g/mol. The van der Waals surface area contributed by atoms with Crippen molar-refractivity contribution in [3.8, 4) is 0 Å². The van der Waals surface area contributed by atoms with Gasteiger partial charge in [0.15, 0.2) is 0 Å². The van der Waals surface area contributed by atoms with Crippen molar-refractivity contribution in [2.24, 2.45) is 5.73 Å². The maximum atomic E-state index is 12.2. The molecule has 4 aromatic rings. The number of halogens is 11. The summed E-state index contributed by atoms with van der Waals surface area (Å²) in [6.45, 7) is -5.23. The Bertz CT molecular complexity index is 5700.